The van der Waals surface area contributed by atoms with Gasteiger partial charge in [-0.3, -0.25) is 9.59 Å². The largest absolute Gasteiger partial charge is 0.349 e. The van der Waals surface area contributed by atoms with E-state index in [0.29, 0.717) is 6.07 Å². The van der Waals surface area contributed by atoms with Crippen LogP contribution in [0.2, 0.25) is 0 Å². The number of hydrogen-bond donors (Lipinski definition) is 2. The summed E-state index contributed by atoms with van der Waals surface area (Å²) in [6.45, 7) is 5.98. The molecule has 130 valence electrons. The van der Waals surface area contributed by atoms with Crippen LogP contribution in [0.15, 0.2) is 18.2 Å². The van der Waals surface area contributed by atoms with E-state index in [1.165, 1.54) is 0 Å². The highest BCUT2D eigenvalue weighted by Gasteiger charge is 2.28. The summed E-state index contributed by atoms with van der Waals surface area (Å²) >= 11 is 0. The van der Waals surface area contributed by atoms with Crippen molar-refractivity contribution in [3.05, 3.63) is 35.4 Å². The molecule has 0 aliphatic rings. The van der Waals surface area contributed by atoms with Gasteiger partial charge in [-0.05, 0) is 25.0 Å². The normalized spacial score (nSPS) is 13.2. The van der Waals surface area contributed by atoms with Crippen molar-refractivity contribution in [3.8, 4) is 0 Å². The van der Waals surface area contributed by atoms with Crippen LogP contribution in [0, 0.1) is 17.6 Å². The highest BCUT2D eigenvalue weighted by atomic mass is 35.5. The molecule has 23 heavy (non-hydrogen) atoms. The van der Waals surface area contributed by atoms with Gasteiger partial charge in [-0.25, -0.2) is 8.78 Å². The number of halogens is 3. The molecule has 1 amide bonds. The van der Waals surface area contributed by atoms with Crippen molar-refractivity contribution in [2.75, 3.05) is 6.54 Å². The Bertz CT molecular complexity index is 567. The Labute approximate surface area is 141 Å². The van der Waals surface area contributed by atoms with E-state index >= 15 is 0 Å². The first-order chi connectivity index (χ1) is 10.2. The maximum atomic E-state index is 13.5. The van der Waals surface area contributed by atoms with Crippen molar-refractivity contribution in [2.45, 2.75) is 39.2 Å². The van der Waals surface area contributed by atoms with Crippen LogP contribution in [-0.4, -0.2) is 23.8 Å². The second kappa shape index (κ2) is 8.93. The first kappa shape index (κ1) is 21.5. The molecule has 0 bridgehead atoms. The lowest BCUT2D eigenvalue weighted by molar-refractivity contribution is -0.123. The van der Waals surface area contributed by atoms with E-state index in [1.54, 1.807) is 0 Å². The molecule has 0 aliphatic heterocycles. The van der Waals surface area contributed by atoms with Crippen molar-refractivity contribution in [1.82, 2.24) is 5.32 Å². The first-order valence-corrected chi connectivity index (χ1v) is 7.19. The molecule has 0 aromatic heterocycles. The molecule has 0 aliphatic carbocycles. The van der Waals surface area contributed by atoms with Crippen LogP contribution >= 0.6 is 12.4 Å². The second-order valence-corrected chi connectivity index (χ2v) is 5.87. The molecule has 1 unspecified atom stereocenters. The minimum atomic E-state index is -0.917. The van der Waals surface area contributed by atoms with Gasteiger partial charge in [-0.2, -0.15) is 0 Å². The molecule has 0 saturated carbocycles. The Morgan fingerprint density at radius 2 is 1.87 bits per heavy atom. The third-order valence-corrected chi connectivity index (χ3v) is 3.93. The Balaban J connectivity index is 0.00000484. The van der Waals surface area contributed by atoms with Crippen LogP contribution < -0.4 is 11.1 Å². The molecule has 1 aromatic rings. The molecule has 3 N–H and O–H groups in total. The Morgan fingerprint density at radius 3 is 2.35 bits per heavy atom. The number of ketones is 1. The lowest BCUT2D eigenvalue weighted by Gasteiger charge is -2.33. The van der Waals surface area contributed by atoms with Crippen molar-refractivity contribution in [1.29, 1.82) is 0 Å². The number of Topliss-reactive ketones (excluding diaryl/α,β-unsaturated/α-hetero) is 1. The second-order valence-electron chi connectivity index (χ2n) is 5.87. The summed E-state index contributed by atoms with van der Waals surface area (Å²) in [6.07, 6.45) is -0.217. The summed E-state index contributed by atoms with van der Waals surface area (Å²) in [5, 5.41) is 2.80. The minimum absolute atomic E-state index is 0. The highest BCUT2D eigenvalue weighted by molar-refractivity contribution is 5.98. The van der Waals surface area contributed by atoms with Gasteiger partial charge in [-0.15, -0.1) is 12.4 Å². The zero-order valence-corrected chi connectivity index (χ0v) is 14.3. The number of nitrogens with two attached hydrogens (primary N) is 1. The van der Waals surface area contributed by atoms with E-state index in [-0.39, 0.29) is 49.2 Å². The molecule has 1 atom stereocenters. The van der Waals surface area contributed by atoms with Gasteiger partial charge < -0.3 is 11.1 Å². The number of benzene rings is 1. The van der Waals surface area contributed by atoms with Crippen LogP contribution in [0.1, 0.15) is 44.0 Å². The highest BCUT2D eigenvalue weighted by Crippen LogP contribution is 2.16. The molecule has 0 spiro atoms. The van der Waals surface area contributed by atoms with Crippen molar-refractivity contribution in [2.24, 2.45) is 11.7 Å². The van der Waals surface area contributed by atoms with E-state index in [2.05, 4.69) is 5.32 Å². The van der Waals surface area contributed by atoms with Crippen LogP contribution in [0.5, 0.6) is 0 Å². The predicted molar refractivity (Wildman–Crippen MR) is 87.6 cm³/mol. The first-order valence-electron chi connectivity index (χ1n) is 7.19. The Morgan fingerprint density at radius 1 is 1.26 bits per heavy atom. The van der Waals surface area contributed by atoms with E-state index < -0.39 is 23.0 Å². The van der Waals surface area contributed by atoms with Crippen LogP contribution in [0.3, 0.4) is 0 Å². The molecule has 1 rings (SSSR count). The molecule has 7 heteroatoms. The summed E-state index contributed by atoms with van der Waals surface area (Å²) < 4.78 is 26.3. The SMILES string of the molecule is CC(C)C(C)(CN)NC(=O)CCC(=O)c1ccc(F)cc1F.Cl. The van der Waals surface area contributed by atoms with E-state index in [4.69, 9.17) is 5.73 Å². The number of carbonyl (C=O) groups is 2. The van der Waals surface area contributed by atoms with Crippen molar-refractivity contribution < 1.29 is 18.4 Å². The van der Waals surface area contributed by atoms with E-state index in [9.17, 15) is 18.4 Å². The van der Waals surface area contributed by atoms with Gasteiger partial charge in [0, 0.05) is 25.5 Å². The van der Waals surface area contributed by atoms with Crippen molar-refractivity contribution in [3.63, 3.8) is 0 Å². The Kier molecular flexibility index (Phi) is 8.34. The van der Waals surface area contributed by atoms with Gasteiger partial charge in [0.2, 0.25) is 5.91 Å². The molecule has 0 heterocycles. The van der Waals surface area contributed by atoms with Crippen LogP contribution in [0.4, 0.5) is 8.78 Å². The topological polar surface area (TPSA) is 72.2 Å². The monoisotopic (exact) mass is 348 g/mol. The predicted octanol–water partition coefficient (Wildman–Crippen LogP) is 2.84. The van der Waals surface area contributed by atoms with Gasteiger partial charge >= 0.3 is 0 Å². The fourth-order valence-corrected chi connectivity index (χ4v) is 1.89. The maximum absolute atomic E-state index is 13.5. The summed E-state index contributed by atoms with van der Waals surface area (Å²) in [4.78, 5) is 23.8. The lowest BCUT2D eigenvalue weighted by Crippen LogP contribution is -2.55. The summed E-state index contributed by atoms with van der Waals surface area (Å²) in [5.74, 6) is -2.39. The number of amides is 1. The number of hydrogen-bond acceptors (Lipinski definition) is 3. The van der Waals surface area contributed by atoms with Crippen molar-refractivity contribution >= 4 is 24.1 Å². The van der Waals surface area contributed by atoms with Crippen LogP contribution in [0.25, 0.3) is 0 Å². The average Bonchev–Trinajstić information content (AvgIpc) is 2.44. The average molecular weight is 349 g/mol. The van der Waals surface area contributed by atoms with Gasteiger partial charge in [0.1, 0.15) is 11.6 Å². The molecular formula is C16H23ClF2N2O2. The minimum Gasteiger partial charge on any atom is -0.349 e. The van der Waals surface area contributed by atoms with Gasteiger partial charge in [-0.1, -0.05) is 13.8 Å². The zero-order valence-electron chi connectivity index (χ0n) is 13.5. The molecule has 0 radical (unpaired) electrons. The van der Waals surface area contributed by atoms with E-state index in [1.807, 2.05) is 20.8 Å². The lowest BCUT2D eigenvalue weighted by atomic mass is 9.88. The number of nitrogens with one attached hydrogen (secondary N) is 1. The summed E-state index contributed by atoms with van der Waals surface area (Å²) in [5.41, 5.74) is 4.91. The molecule has 0 fully saturated rings. The molecule has 0 saturated heterocycles. The van der Waals surface area contributed by atoms with E-state index in [0.717, 1.165) is 12.1 Å². The fraction of sp³-hybridized carbons (Fsp3) is 0.500. The van der Waals surface area contributed by atoms with Gasteiger partial charge in [0.05, 0.1) is 11.1 Å². The van der Waals surface area contributed by atoms with Gasteiger partial charge in [0.15, 0.2) is 5.78 Å². The summed E-state index contributed by atoms with van der Waals surface area (Å²) in [7, 11) is 0. The third kappa shape index (κ3) is 5.88. The zero-order chi connectivity index (χ0) is 16.9. The third-order valence-electron chi connectivity index (χ3n) is 3.93. The smallest absolute Gasteiger partial charge is 0.220 e. The standard InChI is InChI=1S/C16H22F2N2O2.ClH/c1-10(2)16(3,9-19)20-15(22)7-6-14(21)12-5-4-11(17)8-13(12)18;/h4-5,8,10H,6-7,9,19H2,1-3H3,(H,20,22);1H. The van der Waals surface area contributed by atoms with Crippen LogP contribution in [-0.2, 0) is 4.79 Å². The fourth-order valence-electron chi connectivity index (χ4n) is 1.89. The Hall–Kier alpha value is -1.53. The molecule has 1 aromatic carbocycles. The molecule has 4 nitrogen and oxygen atoms in total. The summed E-state index contributed by atoms with van der Waals surface area (Å²) in [6, 6.07) is 2.75. The van der Waals surface area contributed by atoms with Gasteiger partial charge in [0.25, 0.3) is 0 Å². The quantitative estimate of drug-likeness (QED) is 0.744. The number of carbonyl (C=O) groups excluding carboxylic acids is 2. The maximum Gasteiger partial charge on any atom is 0.220 e. The molecular weight excluding hydrogens is 326 g/mol. The number of rotatable bonds is 7.